The summed E-state index contributed by atoms with van der Waals surface area (Å²) in [6, 6.07) is 11.4. The number of hydrogen-bond donors (Lipinski definition) is 2. The third kappa shape index (κ3) is 4.10. The van der Waals surface area contributed by atoms with Gasteiger partial charge >= 0.3 is 0 Å². The van der Waals surface area contributed by atoms with Crippen molar-refractivity contribution in [3.63, 3.8) is 0 Å². The van der Waals surface area contributed by atoms with E-state index in [4.69, 9.17) is 0 Å². The lowest BCUT2D eigenvalue weighted by Gasteiger charge is -2.37. The number of hydrogen-bond acceptors (Lipinski definition) is 2. The topological polar surface area (TPSA) is 48.1 Å². The van der Waals surface area contributed by atoms with Crippen LogP contribution in [-0.2, 0) is 0 Å². The number of fused-ring (bicyclic) bond motifs is 1. The molecule has 0 saturated carbocycles. The molecule has 4 nitrogen and oxygen atoms in total. The van der Waals surface area contributed by atoms with E-state index in [-0.39, 0.29) is 17.3 Å². The first-order valence-corrected chi connectivity index (χ1v) is 9.94. The zero-order valence-electron chi connectivity index (χ0n) is 17.1. The summed E-state index contributed by atoms with van der Waals surface area (Å²) in [5.74, 6) is -0.607. The second-order valence-corrected chi connectivity index (χ2v) is 8.52. The molecule has 3 aromatic rings. The molecule has 0 atom stereocenters. The summed E-state index contributed by atoms with van der Waals surface area (Å²) in [5.41, 5.74) is 4.88. The number of carbonyl (C=O) groups is 1. The van der Waals surface area contributed by atoms with Crippen LogP contribution in [0.4, 0.5) is 10.1 Å². The van der Waals surface area contributed by atoms with Gasteiger partial charge in [0.15, 0.2) is 0 Å². The van der Waals surface area contributed by atoms with Gasteiger partial charge in [-0.05, 0) is 75.2 Å². The number of carbonyl (C=O) groups excluding carboxylic acids is 1. The Hall–Kier alpha value is -2.92. The van der Waals surface area contributed by atoms with Crippen molar-refractivity contribution in [2.24, 2.45) is 0 Å². The number of rotatable bonds is 3. The van der Waals surface area contributed by atoms with Gasteiger partial charge in [0.05, 0.1) is 0 Å². The Balaban J connectivity index is 1.58. The van der Waals surface area contributed by atoms with Crippen LogP contribution < -0.4 is 5.32 Å². The summed E-state index contributed by atoms with van der Waals surface area (Å²) in [4.78, 5) is 18.3. The maximum Gasteiger partial charge on any atom is 0.255 e. The number of aromatic nitrogens is 1. The number of aromatic amines is 1. The van der Waals surface area contributed by atoms with Crippen LogP contribution in [0.1, 0.15) is 43.1 Å². The number of H-pyrrole nitrogens is 1. The van der Waals surface area contributed by atoms with Crippen LogP contribution >= 0.6 is 0 Å². The second-order valence-electron chi connectivity index (χ2n) is 8.52. The van der Waals surface area contributed by atoms with Crippen LogP contribution in [0.3, 0.4) is 0 Å². The minimum absolute atomic E-state index is 0.167. The van der Waals surface area contributed by atoms with Gasteiger partial charge in [0.1, 0.15) is 5.82 Å². The molecule has 2 heterocycles. The fraction of sp³-hybridized carbons (Fsp3) is 0.292. The van der Waals surface area contributed by atoms with Gasteiger partial charge in [-0.2, -0.15) is 0 Å². The minimum atomic E-state index is -0.356. The molecule has 0 saturated heterocycles. The van der Waals surface area contributed by atoms with E-state index in [0.29, 0.717) is 5.56 Å². The molecule has 0 spiro atoms. The largest absolute Gasteiger partial charge is 0.361 e. The zero-order chi connectivity index (χ0) is 20.6. The Labute approximate surface area is 170 Å². The van der Waals surface area contributed by atoms with Gasteiger partial charge in [-0.15, -0.1) is 0 Å². The highest BCUT2D eigenvalue weighted by molar-refractivity contribution is 6.05. The lowest BCUT2D eigenvalue weighted by atomic mass is 9.95. The van der Waals surface area contributed by atoms with E-state index in [9.17, 15) is 9.18 Å². The molecule has 1 aromatic heterocycles. The van der Waals surface area contributed by atoms with E-state index < -0.39 is 0 Å². The van der Waals surface area contributed by atoms with Crippen molar-refractivity contribution in [2.45, 2.75) is 32.7 Å². The van der Waals surface area contributed by atoms with Crippen LogP contribution in [0.15, 0.2) is 54.7 Å². The molecule has 0 fully saturated rings. The fourth-order valence-corrected chi connectivity index (χ4v) is 3.79. The first-order valence-electron chi connectivity index (χ1n) is 9.94. The lowest BCUT2D eigenvalue weighted by Crippen LogP contribution is -2.43. The van der Waals surface area contributed by atoms with Crippen LogP contribution in [0.2, 0.25) is 0 Å². The summed E-state index contributed by atoms with van der Waals surface area (Å²) in [7, 11) is 0. The molecule has 29 heavy (non-hydrogen) atoms. The number of halogens is 1. The Bertz CT molecular complexity index is 1070. The molecular formula is C24H26FN3O. The first kappa shape index (κ1) is 19.4. The van der Waals surface area contributed by atoms with Gasteiger partial charge < -0.3 is 10.3 Å². The fourth-order valence-electron chi connectivity index (χ4n) is 3.79. The SMILES string of the molecule is CC(C)(C)N1CC=C(c2c[nH]c3ccc(NC(=O)c4ccc(F)cc4)cc23)CC1. The molecule has 0 aliphatic carbocycles. The standard InChI is InChI=1S/C24H26FN3O/c1-24(2,3)28-12-10-16(11-13-28)21-15-26-22-9-8-19(14-20(21)22)27-23(29)17-4-6-18(25)7-5-17/h4-10,14-15,26H,11-13H2,1-3H3,(H,27,29). The Kier molecular flexibility index (Phi) is 5.01. The van der Waals surface area contributed by atoms with E-state index in [1.165, 1.54) is 35.4 Å². The molecule has 0 bridgehead atoms. The zero-order valence-corrected chi connectivity index (χ0v) is 17.1. The van der Waals surface area contributed by atoms with Gasteiger partial charge in [0.2, 0.25) is 0 Å². The van der Waals surface area contributed by atoms with E-state index in [0.717, 1.165) is 36.1 Å². The number of anilines is 1. The van der Waals surface area contributed by atoms with Crippen LogP contribution in [0, 0.1) is 5.82 Å². The Morgan fingerprint density at radius 2 is 1.90 bits per heavy atom. The van der Waals surface area contributed by atoms with Crippen molar-refractivity contribution >= 4 is 28.1 Å². The van der Waals surface area contributed by atoms with Crippen LogP contribution in [-0.4, -0.2) is 34.4 Å². The van der Waals surface area contributed by atoms with Crippen molar-refractivity contribution in [3.8, 4) is 0 Å². The lowest BCUT2D eigenvalue weighted by molar-refractivity contribution is 0.102. The highest BCUT2D eigenvalue weighted by Crippen LogP contribution is 2.32. The van der Waals surface area contributed by atoms with Gasteiger partial charge in [0.25, 0.3) is 5.91 Å². The van der Waals surface area contributed by atoms with Crippen LogP contribution in [0.5, 0.6) is 0 Å². The number of amides is 1. The summed E-state index contributed by atoms with van der Waals surface area (Å²) < 4.78 is 13.1. The third-order valence-electron chi connectivity index (χ3n) is 5.55. The normalized spacial score (nSPS) is 15.4. The maximum absolute atomic E-state index is 13.1. The number of nitrogens with one attached hydrogen (secondary N) is 2. The molecule has 4 rings (SSSR count). The average molecular weight is 391 g/mol. The van der Waals surface area contributed by atoms with Crippen molar-refractivity contribution in [1.29, 1.82) is 0 Å². The molecule has 150 valence electrons. The van der Waals surface area contributed by atoms with Crippen molar-refractivity contribution in [3.05, 3.63) is 71.7 Å². The average Bonchev–Trinajstić information content (AvgIpc) is 3.11. The highest BCUT2D eigenvalue weighted by Gasteiger charge is 2.24. The maximum atomic E-state index is 13.1. The van der Waals surface area contributed by atoms with E-state index in [1.807, 2.05) is 18.2 Å². The number of nitrogens with zero attached hydrogens (tertiary/aromatic N) is 1. The molecule has 2 aromatic carbocycles. The van der Waals surface area contributed by atoms with Gasteiger partial charge in [-0.25, -0.2) is 4.39 Å². The van der Waals surface area contributed by atoms with Gasteiger partial charge in [-0.1, -0.05) is 6.08 Å². The van der Waals surface area contributed by atoms with E-state index in [1.54, 1.807) is 0 Å². The molecule has 1 amide bonds. The molecule has 0 radical (unpaired) electrons. The molecule has 0 unspecified atom stereocenters. The summed E-state index contributed by atoms with van der Waals surface area (Å²) in [5, 5.41) is 4.01. The minimum Gasteiger partial charge on any atom is -0.361 e. The molecule has 1 aliphatic heterocycles. The quantitative estimate of drug-likeness (QED) is 0.624. The Morgan fingerprint density at radius 1 is 1.14 bits per heavy atom. The molecule has 5 heteroatoms. The van der Waals surface area contributed by atoms with Crippen LogP contribution in [0.25, 0.3) is 16.5 Å². The molecular weight excluding hydrogens is 365 g/mol. The monoisotopic (exact) mass is 391 g/mol. The number of benzene rings is 2. The smallest absolute Gasteiger partial charge is 0.255 e. The van der Waals surface area contributed by atoms with Crippen molar-refractivity contribution in [2.75, 3.05) is 18.4 Å². The highest BCUT2D eigenvalue weighted by atomic mass is 19.1. The van der Waals surface area contributed by atoms with Gasteiger partial charge in [0, 0.05) is 52.5 Å². The van der Waals surface area contributed by atoms with Crippen molar-refractivity contribution < 1.29 is 9.18 Å². The summed E-state index contributed by atoms with van der Waals surface area (Å²) in [6.45, 7) is 8.70. The predicted octanol–water partition coefficient (Wildman–Crippen LogP) is 5.45. The van der Waals surface area contributed by atoms with Gasteiger partial charge in [-0.3, -0.25) is 9.69 Å². The molecule has 1 aliphatic rings. The summed E-state index contributed by atoms with van der Waals surface area (Å²) in [6.07, 6.45) is 5.35. The Morgan fingerprint density at radius 3 is 2.55 bits per heavy atom. The molecule has 2 N–H and O–H groups in total. The summed E-state index contributed by atoms with van der Waals surface area (Å²) >= 11 is 0. The first-order chi connectivity index (χ1) is 13.8. The predicted molar refractivity (Wildman–Crippen MR) is 117 cm³/mol. The second kappa shape index (κ2) is 7.48. The van der Waals surface area contributed by atoms with Crippen molar-refractivity contribution in [1.82, 2.24) is 9.88 Å². The van der Waals surface area contributed by atoms with E-state index >= 15 is 0 Å². The third-order valence-corrected chi connectivity index (χ3v) is 5.55. The van der Waals surface area contributed by atoms with E-state index in [2.05, 4.69) is 48.2 Å².